The van der Waals surface area contributed by atoms with E-state index in [1.165, 1.54) is 20.2 Å². The second kappa shape index (κ2) is 9.34. The molecule has 146 valence electrons. The minimum Gasteiger partial charge on any atom is -0.371 e. The van der Waals surface area contributed by atoms with Crippen LogP contribution in [0.5, 0.6) is 0 Å². The van der Waals surface area contributed by atoms with E-state index in [9.17, 15) is 13.2 Å². The van der Waals surface area contributed by atoms with Crippen molar-refractivity contribution in [3.8, 4) is 0 Å². The third-order valence-corrected chi connectivity index (χ3v) is 6.26. The fourth-order valence-corrected chi connectivity index (χ4v) is 3.89. The number of nitrogens with one attached hydrogen (secondary N) is 2. The molecule has 8 heteroatoms. The van der Waals surface area contributed by atoms with Gasteiger partial charge in [-0.1, -0.05) is 6.92 Å². The number of benzene rings is 1. The van der Waals surface area contributed by atoms with E-state index in [4.69, 9.17) is 0 Å². The molecule has 0 atom stereocenters. The first-order chi connectivity index (χ1) is 12.4. The van der Waals surface area contributed by atoms with Crippen LogP contribution in [0.2, 0.25) is 0 Å². The molecule has 1 aromatic carbocycles. The summed E-state index contributed by atoms with van der Waals surface area (Å²) in [5.41, 5.74) is 1.23. The Hall–Kier alpha value is -1.64. The van der Waals surface area contributed by atoms with Crippen LogP contribution in [0.1, 0.15) is 36.5 Å². The Labute approximate surface area is 156 Å². The van der Waals surface area contributed by atoms with Crippen molar-refractivity contribution in [3.05, 3.63) is 23.8 Å². The number of nitrogens with zero attached hydrogens (tertiary/aromatic N) is 2. The Kier molecular flexibility index (Phi) is 7.43. The van der Waals surface area contributed by atoms with Crippen LogP contribution in [-0.4, -0.2) is 65.4 Å². The van der Waals surface area contributed by atoms with Crippen LogP contribution < -0.4 is 15.5 Å². The molecular weight excluding hydrogens is 352 g/mol. The molecule has 2 rings (SSSR count). The quantitative estimate of drug-likeness (QED) is 0.629. The van der Waals surface area contributed by atoms with Crippen molar-refractivity contribution < 1.29 is 13.2 Å². The topological polar surface area (TPSA) is 81.7 Å². The molecule has 0 aromatic heterocycles. The predicted octanol–water partition coefficient (Wildman–Crippen LogP) is 1.27. The summed E-state index contributed by atoms with van der Waals surface area (Å²) < 4.78 is 26.0. The van der Waals surface area contributed by atoms with Crippen LogP contribution in [-0.2, 0) is 10.0 Å². The van der Waals surface area contributed by atoms with E-state index in [0.717, 1.165) is 48.9 Å². The Bertz CT molecular complexity index is 713. The van der Waals surface area contributed by atoms with Crippen LogP contribution in [0.15, 0.2) is 23.1 Å². The molecular formula is C18H30N4O3S. The number of hydrogen-bond donors (Lipinski definition) is 2. The Morgan fingerprint density at radius 1 is 1.15 bits per heavy atom. The van der Waals surface area contributed by atoms with Crippen LogP contribution in [0.25, 0.3) is 0 Å². The van der Waals surface area contributed by atoms with Crippen LogP contribution in [0.4, 0.5) is 5.69 Å². The van der Waals surface area contributed by atoms with E-state index in [1.807, 2.05) is 0 Å². The first-order valence-electron chi connectivity index (χ1n) is 9.18. The lowest BCUT2D eigenvalue weighted by Crippen LogP contribution is -2.33. The smallest absolute Gasteiger partial charge is 0.253 e. The van der Waals surface area contributed by atoms with Gasteiger partial charge < -0.3 is 15.5 Å². The molecule has 0 spiro atoms. The fraction of sp³-hybridized carbons (Fsp3) is 0.611. The molecule has 1 aliphatic heterocycles. The molecule has 0 radical (unpaired) electrons. The zero-order valence-electron chi connectivity index (χ0n) is 15.9. The number of carbonyl (C=O) groups is 1. The van der Waals surface area contributed by atoms with Gasteiger partial charge in [-0.25, -0.2) is 12.7 Å². The number of hydrogen-bond acceptors (Lipinski definition) is 5. The maximum absolute atomic E-state index is 12.7. The van der Waals surface area contributed by atoms with Crippen LogP contribution in [0, 0.1) is 0 Å². The minimum absolute atomic E-state index is 0.139. The van der Waals surface area contributed by atoms with E-state index < -0.39 is 10.0 Å². The van der Waals surface area contributed by atoms with Gasteiger partial charge in [0.25, 0.3) is 5.91 Å². The monoisotopic (exact) mass is 382 g/mol. The molecule has 1 fully saturated rings. The van der Waals surface area contributed by atoms with Crippen molar-refractivity contribution in [2.24, 2.45) is 0 Å². The third-order valence-electron chi connectivity index (χ3n) is 4.45. The molecule has 0 bridgehead atoms. The van der Waals surface area contributed by atoms with E-state index in [2.05, 4.69) is 22.5 Å². The molecule has 7 nitrogen and oxygen atoms in total. The Balaban J connectivity index is 2.25. The maximum Gasteiger partial charge on any atom is 0.253 e. The van der Waals surface area contributed by atoms with Crippen LogP contribution >= 0.6 is 0 Å². The van der Waals surface area contributed by atoms with E-state index in [0.29, 0.717) is 18.7 Å². The molecule has 0 saturated carbocycles. The highest BCUT2D eigenvalue weighted by molar-refractivity contribution is 7.89. The molecule has 26 heavy (non-hydrogen) atoms. The van der Waals surface area contributed by atoms with Gasteiger partial charge in [0.15, 0.2) is 0 Å². The highest BCUT2D eigenvalue weighted by Crippen LogP contribution is 2.28. The van der Waals surface area contributed by atoms with Gasteiger partial charge in [0, 0.05) is 46.0 Å². The summed E-state index contributed by atoms with van der Waals surface area (Å²) in [6, 6.07) is 4.84. The van der Waals surface area contributed by atoms with Gasteiger partial charge in [-0.05, 0) is 44.0 Å². The molecule has 2 N–H and O–H groups in total. The number of sulfonamides is 1. The van der Waals surface area contributed by atoms with Crippen molar-refractivity contribution in [1.82, 2.24) is 14.9 Å². The normalized spacial score (nSPS) is 14.8. The van der Waals surface area contributed by atoms with Gasteiger partial charge in [-0.2, -0.15) is 0 Å². The second-order valence-corrected chi connectivity index (χ2v) is 8.82. The minimum atomic E-state index is -3.58. The number of carbonyl (C=O) groups excluding carboxylic acids is 1. The highest BCUT2D eigenvalue weighted by atomic mass is 32.2. The molecule has 1 amide bonds. The van der Waals surface area contributed by atoms with Crippen molar-refractivity contribution >= 4 is 21.6 Å². The van der Waals surface area contributed by atoms with Crippen molar-refractivity contribution in [2.45, 2.75) is 31.1 Å². The first kappa shape index (κ1) is 20.7. The lowest BCUT2D eigenvalue weighted by atomic mass is 10.1. The average molecular weight is 383 g/mol. The van der Waals surface area contributed by atoms with Gasteiger partial charge in [0.1, 0.15) is 0 Å². The largest absolute Gasteiger partial charge is 0.371 e. The summed E-state index contributed by atoms with van der Waals surface area (Å²) in [5, 5.41) is 6.13. The molecule has 0 aliphatic carbocycles. The summed E-state index contributed by atoms with van der Waals surface area (Å²) >= 11 is 0. The lowest BCUT2D eigenvalue weighted by molar-refractivity contribution is 0.0954. The van der Waals surface area contributed by atoms with Crippen molar-refractivity contribution in [1.29, 1.82) is 0 Å². The number of anilines is 1. The van der Waals surface area contributed by atoms with E-state index >= 15 is 0 Å². The first-order valence-corrected chi connectivity index (χ1v) is 10.6. The molecule has 1 aliphatic rings. The summed E-state index contributed by atoms with van der Waals surface area (Å²) in [4.78, 5) is 15.0. The lowest BCUT2D eigenvalue weighted by Gasteiger charge is -2.22. The molecule has 0 unspecified atom stereocenters. The number of rotatable bonds is 9. The van der Waals surface area contributed by atoms with Gasteiger partial charge in [0.05, 0.1) is 10.5 Å². The molecule has 1 heterocycles. The fourth-order valence-electron chi connectivity index (χ4n) is 2.96. The third kappa shape index (κ3) is 4.96. The average Bonchev–Trinajstić information content (AvgIpc) is 3.15. The highest BCUT2D eigenvalue weighted by Gasteiger charge is 2.24. The molecule has 1 saturated heterocycles. The number of amides is 1. The van der Waals surface area contributed by atoms with E-state index in [1.54, 1.807) is 12.1 Å². The van der Waals surface area contributed by atoms with Crippen molar-refractivity contribution in [3.63, 3.8) is 0 Å². The van der Waals surface area contributed by atoms with E-state index in [-0.39, 0.29) is 10.8 Å². The van der Waals surface area contributed by atoms with Crippen LogP contribution in [0.3, 0.4) is 0 Å². The summed E-state index contributed by atoms with van der Waals surface area (Å²) in [5.74, 6) is -0.235. The standard InChI is InChI=1S/C18H30N4O3S/c1-4-9-19-10-11-20-18(23)16-14-15(26(24,25)21(2)3)7-8-17(16)22-12-5-6-13-22/h7-8,14,19H,4-6,9-13H2,1-3H3,(H,20,23). The predicted molar refractivity (Wildman–Crippen MR) is 104 cm³/mol. The van der Waals surface area contributed by atoms with Gasteiger partial charge in [-0.15, -0.1) is 0 Å². The van der Waals surface area contributed by atoms with Crippen molar-refractivity contribution in [2.75, 3.05) is 51.7 Å². The second-order valence-electron chi connectivity index (χ2n) is 6.67. The maximum atomic E-state index is 12.7. The van der Waals surface area contributed by atoms with Gasteiger partial charge in [0.2, 0.25) is 10.0 Å². The summed E-state index contributed by atoms with van der Waals surface area (Å²) in [6.45, 7) is 5.96. The molecule has 1 aromatic rings. The summed E-state index contributed by atoms with van der Waals surface area (Å²) in [7, 11) is -0.605. The van der Waals surface area contributed by atoms with Gasteiger partial charge in [-0.3, -0.25) is 4.79 Å². The summed E-state index contributed by atoms with van der Waals surface area (Å²) in [6.07, 6.45) is 3.21. The zero-order valence-corrected chi connectivity index (χ0v) is 16.7. The van der Waals surface area contributed by atoms with Gasteiger partial charge >= 0.3 is 0 Å². The SMILES string of the molecule is CCCNCCNC(=O)c1cc(S(=O)(=O)N(C)C)ccc1N1CCCC1. The zero-order chi connectivity index (χ0) is 19.2. The Morgan fingerprint density at radius 2 is 1.85 bits per heavy atom. The Morgan fingerprint density at radius 3 is 2.46 bits per heavy atom.